The normalized spacial score (nSPS) is 14.2. The van der Waals surface area contributed by atoms with Crippen LogP contribution in [-0.2, 0) is 15.6 Å². The van der Waals surface area contributed by atoms with Crippen LogP contribution < -0.4 is 11.1 Å². The average molecular weight is 240 g/mol. The van der Waals surface area contributed by atoms with Crippen LogP contribution >= 0.6 is 0 Å². The van der Waals surface area contributed by atoms with Crippen molar-refractivity contribution in [3.8, 4) is 0 Å². The van der Waals surface area contributed by atoms with Crippen molar-refractivity contribution in [3.05, 3.63) is 23.8 Å². The largest absolute Gasteiger partial charge is 0.398 e. The van der Waals surface area contributed by atoms with Gasteiger partial charge in [-0.3, -0.25) is 9.00 Å². The summed E-state index contributed by atoms with van der Waals surface area (Å²) >= 11 is 0. The number of nitrogen functional groups attached to an aromatic ring is 1. The Labute approximate surface area is 97.7 Å². The summed E-state index contributed by atoms with van der Waals surface area (Å²) in [6.07, 6.45) is 0. The Morgan fingerprint density at radius 3 is 2.62 bits per heavy atom. The lowest BCUT2D eigenvalue weighted by molar-refractivity contribution is -0.119. The van der Waals surface area contributed by atoms with E-state index in [0.29, 0.717) is 10.6 Å². The molecule has 0 aliphatic rings. The summed E-state index contributed by atoms with van der Waals surface area (Å²) in [5, 5.41) is 1.87. The number of anilines is 1. The summed E-state index contributed by atoms with van der Waals surface area (Å²) in [7, 11) is 0.107. The third kappa shape index (κ3) is 2.61. The van der Waals surface area contributed by atoms with Gasteiger partial charge in [0.2, 0.25) is 5.91 Å². The number of nitrogens with one attached hydrogen (secondary N) is 1. The van der Waals surface area contributed by atoms with Crippen molar-refractivity contribution < 1.29 is 9.00 Å². The first-order valence-electron chi connectivity index (χ1n) is 4.95. The Hall–Kier alpha value is -1.36. The molecular weight excluding hydrogens is 224 g/mol. The fourth-order valence-corrected chi connectivity index (χ4v) is 2.53. The van der Waals surface area contributed by atoms with E-state index in [1.165, 1.54) is 7.05 Å². The number of nitrogens with two attached hydrogens (primary N) is 1. The van der Waals surface area contributed by atoms with Gasteiger partial charge in [0.25, 0.3) is 0 Å². The first kappa shape index (κ1) is 12.7. The van der Waals surface area contributed by atoms with Gasteiger partial charge in [-0.15, -0.1) is 0 Å². The van der Waals surface area contributed by atoms with Crippen molar-refractivity contribution >= 4 is 22.4 Å². The number of hydrogen-bond acceptors (Lipinski definition) is 3. The molecule has 3 N–H and O–H groups in total. The van der Waals surface area contributed by atoms with Crippen LogP contribution in [0, 0.1) is 6.92 Å². The second-order valence-electron chi connectivity index (χ2n) is 3.60. The maximum atomic E-state index is 12.0. The molecule has 1 aromatic carbocycles. The molecular formula is C11H16N2O2S. The van der Waals surface area contributed by atoms with Crippen LogP contribution in [-0.4, -0.2) is 22.4 Å². The molecule has 0 radical (unpaired) electrons. The van der Waals surface area contributed by atoms with Crippen LogP contribution in [0.4, 0.5) is 5.69 Å². The van der Waals surface area contributed by atoms with Crippen molar-refractivity contribution in [2.45, 2.75) is 24.0 Å². The molecule has 16 heavy (non-hydrogen) atoms. The molecule has 1 aromatic rings. The van der Waals surface area contributed by atoms with E-state index in [4.69, 9.17) is 5.73 Å². The van der Waals surface area contributed by atoms with E-state index in [0.717, 1.165) is 5.56 Å². The molecule has 0 fully saturated rings. The van der Waals surface area contributed by atoms with Crippen LogP contribution in [0.5, 0.6) is 0 Å². The molecule has 1 rings (SSSR count). The van der Waals surface area contributed by atoms with Crippen LogP contribution in [0.3, 0.4) is 0 Å². The molecule has 0 saturated carbocycles. The Morgan fingerprint density at radius 1 is 1.50 bits per heavy atom. The van der Waals surface area contributed by atoms with Crippen LogP contribution in [0.15, 0.2) is 23.1 Å². The Morgan fingerprint density at radius 2 is 2.12 bits per heavy atom. The minimum atomic E-state index is -1.42. The molecule has 0 aliphatic carbocycles. The first-order chi connectivity index (χ1) is 7.47. The van der Waals surface area contributed by atoms with Crippen molar-refractivity contribution in [1.29, 1.82) is 0 Å². The van der Waals surface area contributed by atoms with Gasteiger partial charge in [0.05, 0.1) is 15.7 Å². The van der Waals surface area contributed by atoms with Gasteiger partial charge in [-0.1, -0.05) is 6.07 Å². The second kappa shape index (κ2) is 5.12. The monoisotopic (exact) mass is 240 g/mol. The molecule has 0 saturated heterocycles. The summed E-state index contributed by atoms with van der Waals surface area (Å²) in [6.45, 7) is 3.53. The maximum absolute atomic E-state index is 12.0. The number of benzene rings is 1. The van der Waals surface area contributed by atoms with Crippen molar-refractivity contribution in [1.82, 2.24) is 5.32 Å². The minimum absolute atomic E-state index is 0.252. The number of carbonyl (C=O) groups is 1. The predicted molar refractivity (Wildman–Crippen MR) is 65.5 cm³/mol. The standard InChI is InChI=1S/C11H16N2O2S/c1-7-4-5-10(9(12)6-7)16(15)8(2)11(14)13-3/h4-6,8H,12H2,1-3H3,(H,13,14). The first-order valence-corrected chi connectivity index (χ1v) is 6.17. The molecule has 4 nitrogen and oxygen atoms in total. The molecule has 0 aliphatic heterocycles. The zero-order chi connectivity index (χ0) is 12.3. The van der Waals surface area contributed by atoms with Crippen molar-refractivity contribution in [2.75, 3.05) is 12.8 Å². The molecule has 2 atom stereocenters. The number of carbonyl (C=O) groups excluding carboxylic acids is 1. The highest BCUT2D eigenvalue weighted by atomic mass is 32.2. The topological polar surface area (TPSA) is 72.2 Å². The molecule has 0 spiro atoms. The summed E-state index contributed by atoms with van der Waals surface area (Å²) in [4.78, 5) is 11.9. The maximum Gasteiger partial charge on any atom is 0.235 e. The van der Waals surface area contributed by atoms with E-state index in [9.17, 15) is 9.00 Å². The van der Waals surface area contributed by atoms with E-state index in [-0.39, 0.29) is 5.91 Å². The summed E-state index contributed by atoms with van der Waals surface area (Å²) < 4.78 is 12.0. The molecule has 0 aromatic heterocycles. The zero-order valence-electron chi connectivity index (χ0n) is 9.61. The third-order valence-corrected chi connectivity index (χ3v) is 3.98. The van der Waals surface area contributed by atoms with Crippen LogP contribution in [0.25, 0.3) is 0 Å². The van der Waals surface area contributed by atoms with Crippen molar-refractivity contribution in [2.24, 2.45) is 0 Å². The van der Waals surface area contributed by atoms with Gasteiger partial charge in [0, 0.05) is 12.7 Å². The highest BCUT2D eigenvalue weighted by molar-refractivity contribution is 7.86. The third-order valence-electron chi connectivity index (χ3n) is 2.32. The molecule has 5 heteroatoms. The Bertz CT molecular complexity index is 432. The predicted octanol–water partition coefficient (Wildman–Crippen LogP) is 0.819. The average Bonchev–Trinajstić information content (AvgIpc) is 2.26. The van der Waals surface area contributed by atoms with Crippen molar-refractivity contribution in [3.63, 3.8) is 0 Å². The number of aryl methyl sites for hydroxylation is 1. The number of rotatable bonds is 3. The van der Waals surface area contributed by atoms with Gasteiger partial charge >= 0.3 is 0 Å². The van der Waals surface area contributed by atoms with E-state index in [1.807, 2.05) is 13.0 Å². The lowest BCUT2D eigenvalue weighted by atomic mass is 10.2. The van der Waals surface area contributed by atoms with Crippen LogP contribution in [0.2, 0.25) is 0 Å². The second-order valence-corrected chi connectivity index (χ2v) is 5.34. The minimum Gasteiger partial charge on any atom is -0.398 e. The molecule has 2 unspecified atom stereocenters. The Kier molecular flexibility index (Phi) is 4.06. The molecule has 0 bridgehead atoms. The van der Waals surface area contributed by atoms with E-state index < -0.39 is 16.0 Å². The lowest BCUT2D eigenvalue weighted by Gasteiger charge is -2.12. The smallest absolute Gasteiger partial charge is 0.235 e. The van der Waals surface area contributed by atoms with Gasteiger partial charge in [0.15, 0.2) is 0 Å². The highest BCUT2D eigenvalue weighted by Gasteiger charge is 2.21. The van der Waals surface area contributed by atoms with Gasteiger partial charge in [-0.25, -0.2) is 0 Å². The number of hydrogen-bond donors (Lipinski definition) is 2. The van der Waals surface area contributed by atoms with E-state index >= 15 is 0 Å². The SMILES string of the molecule is CNC(=O)C(C)S(=O)c1ccc(C)cc1N. The summed E-state index contributed by atoms with van der Waals surface area (Å²) in [5.74, 6) is -0.252. The van der Waals surface area contributed by atoms with E-state index in [1.54, 1.807) is 19.1 Å². The number of amides is 1. The lowest BCUT2D eigenvalue weighted by Crippen LogP contribution is -2.33. The Balaban J connectivity index is 3.01. The summed E-state index contributed by atoms with van der Waals surface area (Å²) in [5.41, 5.74) is 7.25. The molecule has 88 valence electrons. The van der Waals surface area contributed by atoms with E-state index in [2.05, 4.69) is 5.32 Å². The summed E-state index contributed by atoms with van der Waals surface area (Å²) in [6, 6.07) is 5.30. The molecule has 0 heterocycles. The van der Waals surface area contributed by atoms with Crippen LogP contribution in [0.1, 0.15) is 12.5 Å². The van der Waals surface area contributed by atoms with Gasteiger partial charge < -0.3 is 11.1 Å². The van der Waals surface area contributed by atoms with Gasteiger partial charge in [-0.05, 0) is 31.5 Å². The van der Waals surface area contributed by atoms with Gasteiger partial charge in [0.1, 0.15) is 5.25 Å². The zero-order valence-corrected chi connectivity index (χ0v) is 10.4. The fraction of sp³-hybridized carbons (Fsp3) is 0.364. The fourth-order valence-electron chi connectivity index (χ4n) is 1.34. The quantitative estimate of drug-likeness (QED) is 0.768. The van der Waals surface area contributed by atoms with Gasteiger partial charge in [-0.2, -0.15) is 0 Å². The molecule has 1 amide bonds. The highest BCUT2D eigenvalue weighted by Crippen LogP contribution is 2.20.